The molecule has 1 saturated heterocycles. The Hall–Kier alpha value is -1.69. The fourth-order valence-corrected chi connectivity index (χ4v) is 2.94. The zero-order valence-corrected chi connectivity index (χ0v) is 12.1. The molecular weight excluding hydrogens is 264 g/mol. The largest absolute Gasteiger partial charge is 0.392 e. The number of likely N-dealkylation sites (tertiary alicyclic amines) is 1. The normalized spacial score (nSPS) is 22.7. The lowest BCUT2D eigenvalue weighted by Crippen LogP contribution is -2.37. The molecule has 1 aromatic heterocycles. The Bertz CT molecular complexity index is 528. The minimum absolute atomic E-state index is 0.215. The molecule has 0 spiro atoms. The molecule has 2 unspecified atom stereocenters. The highest BCUT2D eigenvalue weighted by atomic mass is 16.3. The van der Waals surface area contributed by atoms with Crippen molar-refractivity contribution in [3.8, 4) is 0 Å². The van der Waals surface area contributed by atoms with E-state index >= 15 is 0 Å². The third-order valence-corrected chi connectivity index (χ3v) is 3.99. The van der Waals surface area contributed by atoms with Crippen molar-refractivity contribution in [2.45, 2.75) is 31.7 Å². The van der Waals surface area contributed by atoms with Crippen LogP contribution in [-0.2, 0) is 13.1 Å². The van der Waals surface area contributed by atoms with E-state index in [0.717, 1.165) is 38.3 Å². The summed E-state index contributed by atoms with van der Waals surface area (Å²) >= 11 is 0. The van der Waals surface area contributed by atoms with Gasteiger partial charge >= 0.3 is 0 Å². The fourth-order valence-electron chi connectivity index (χ4n) is 2.94. The first-order chi connectivity index (χ1) is 10.3. The van der Waals surface area contributed by atoms with Crippen LogP contribution in [0, 0.1) is 0 Å². The van der Waals surface area contributed by atoms with E-state index in [1.807, 2.05) is 12.1 Å². The summed E-state index contributed by atoms with van der Waals surface area (Å²) < 4.78 is 0. The van der Waals surface area contributed by atoms with Crippen molar-refractivity contribution in [3.05, 3.63) is 53.9 Å². The van der Waals surface area contributed by atoms with Crippen LogP contribution in [0.25, 0.3) is 0 Å². The number of aromatic amines is 1. The van der Waals surface area contributed by atoms with Crippen LogP contribution in [0.2, 0.25) is 0 Å². The molecule has 21 heavy (non-hydrogen) atoms. The average Bonchev–Trinajstić information content (AvgIpc) is 3.11. The monoisotopic (exact) mass is 286 g/mol. The van der Waals surface area contributed by atoms with Crippen molar-refractivity contribution in [1.82, 2.24) is 20.4 Å². The van der Waals surface area contributed by atoms with Crippen molar-refractivity contribution in [2.24, 2.45) is 0 Å². The average molecular weight is 286 g/mol. The molecule has 0 radical (unpaired) electrons. The second-order valence-electron chi connectivity index (χ2n) is 5.67. The summed E-state index contributed by atoms with van der Waals surface area (Å²) in [6, 6.07) is 12.8. The van der Waals surface area contributed by atoms with Gasteiger partial charge in [0.05, 0.1) is 6.10 Å². The summed E-state index contributed by atoms with van der Waals surface area (Å²) in [6.07, 6.45) is 2.38. The Kier molecular flexibility index (Phi) is 4.65. The van der Waals surface area contributed by atoms with E-state index in [9.17, 15) is 5.11 Å². The third kappa shape index (κ3) is 3.91. The number of aromatic nitrogens is 2. The SMILES string of the molecule is OC1CC(CNCc2ccn[nH]2)N(Cc2ccccc2)C1. The van der Waals surface area contributed by atoms with Crippen LogP contribution in [0.4, 0.5) is 0 Å². The lowest BCUT2D eigenvalue weighted by Gasteiger charge is -2.24. The highest BCUT2D eigenvalue weighted by Crippen LogP contribution is 2.20. The Balaban J connectivity index is 1.52. The maximum atomic E-state index is 9.95. The molecule has 2 aromatic rings. The van der Waals surface area contributed by atoms with Crippen LogP contribution in [-0.4, -0.2) is 45.4 Å². The molecule has 3 N–H and O–H groups in total. The summed E-state index contributed by atoms with van der Waals surface area (Å²) in [7, 11) is 0. The highest BCUT2D eigenvalue weighted by molar-refractivity contribution is 5.15. The summed E-state index contributed by atoms with van der Waals surface area (Å²) in [5.41, 5.74) is 2.38. The number of nitrogens with zero attached hydrogens (tertiary/aromatic N) is 2. The van der Waals surface area contributed by atoms with Crippen molar-refractivity contribution in [1.29, 1.82) is 0 Å². The Morgan fingerprint density at radius 3 is 2.90 bits per heavy atom. The van der Waals surface area contributed by atoms with E-state index < -0.39 is 0 Å². The summed E-state index contributed by atoms with van der Waals surface area (Å²) in [5, 5.41) is 20.3. The van der Waals surface area contributed by atoms with Crippen molar-refractivity contribution in [2.75, 3.05) is 13.1 Å². The van der Waals surface area contributed by atoms with Crippen LogP contribution >= 0.6 is 0 Å². The van der Waals surface area contributed by atoms with Crippen molar-refractivity contribution in [3.63, 3.8) is 0 Å². The number of hydrogen-bond acceptors (Lipinski definition) is 4. The third-order valence-electron chi connectivity index (χ3n) is 3.99. The molecule has 0 amide bonds. The molecule has 2 heterocycles. The molecule has 112 valence electrons. The number of aliphatic hydroxyl groups is 1. The van der Waals surface area contributed by atoms with E-state index in [-0.39, 0.29) is 6.10 Å². The van der Waals surface area contributed by atoms with E-state index in [2.05, 4.69) is 44.7 Å². The zero-order chi connectivity index (χ0) is 14.5. The first-order valence-electron chi connectivity index (χ1n) is 7.46. The first kappa shape index (κ1) is 14.3. The van der Waals surface area contributed by atoms with Crippen LogP contribution in [0.15, 0.2) is 42.6 Å². The molecule has 1 aliphatic heterocycles. The van der Waals surface area contributed by atoms with E-state index in [4.69, 9.17) is 0 Å². The molecule has 1 aliphatic rings. The molecule has 1 aromatic carbocycles. The number of rotatable bonds is 6. The van der Waals surface area contributed by atoms with Gasteiger partial charge in [-0.2, -0.15) is 5.10 Å². The van der Waals surface area contributed by atoms with Gasteiger partial charge in [0.2, 0.25) is 0 Å². The topological polar surface area (TPSA) is 64.2 Å². The number of benzene rings is 1. The lowest BCUT2D eigenvalue weighted by molar-refractivity contribution is 0.172. The minimum Gasteiger partial charge on any atom is -0.392 e. The van der Waals surface area contributed by atoms with Gasteiger partial charge in [-0.25, -0.2) is 0 Å². The Labute approximate surface area is 125 Å². The predicted octanol–water partition coefficient (Wildman–Crippen LogP) is 1.13. The van der Waals surface area contributed by atoms with Gasteiger partial charge in [0.25, 0.3) is 0 Å². The van der Waals surface area contributed by atoms with Gasteiger partial charge in [-0.3, -0.25) is 10.00 Å². The number of H-pyrrole nitrogens is 1. The Morgan fingerprint density at radius 2 is 2.14 bits per heavy atom. The van der Waals surface area contributed by atoms with Crippen LogP contribution in [0.5, 0.6) is 0 Å². The fraction of sp³-hybridized carbons (Fsp3) is 0.438. The molecule has 1 fully saturated rings. The van der Waals surface area contributed by atoms with Gasteiger partial charge in [0.1, 0.15) is 0 Å². The van der Waals surface area contributed by atoms with Crippen molar-refractivity contribution < 1.29 is 5.11 Å². The highest BCUT2D eigenvalue weighted by Gasteiger charge is 2.30. The number of aliphatic hydroxyl groups excluding tert-OH is 1. The summed E-state index contributed by atoms with van der Waals surface area (Å²) in [4.78, 5) is 2.36. The molecular formula is C16H22N4O. The van der Waals surface area contributed by atoms with Gasteiger partial charge in [0.15, 0.2) is 0 Å². The number of nitrogens with one attached hydrogen (secondary N) is 2. The van der Waals surface area contributed by atoms with Gasteiger partial charge in [-0.05, 0) is 18.1 Å². The molecule has 0 bridgehead atoms. The van der Waals surface area contributed by atoms with Gasteiger partial charge < -0.3 is 10.4 Å². The maximum absolute atomic E-state index is 9.95. The van der Waals surface area contributed by atoms with E-state index in [1.54, 1.807) is 6.20 Å². The molecule has 2 atom stereocenters. The predicted molar refractivity (Wildman–Crippen MR) is 81.6 cm³/mol. The van der Waals surface area contributed by atoms with Crippen LogP contribution in [0.1, 0.15) is 17.7 Å². The lowest BCUT2D eigenvalue weighted by atomic mass is 10.1. The smallest absolute Gasteiger partial charge is 0.0682 e. The molecule has 0 saturated carbocycles. The zero-order valence-electron chi connectivity index (χ0n) is 12.1. The maximum Gasteiger partial charge on any atom is 0.0682 e. The van der Waals surface area contributed by atoms with Crippen LogP contribution in [0.3, 0.4) is 0 Å². The Morgan fingerprint density at radius 1 is 1.29 bits per heavy atom. The molecule has 5 heteroatoms. The van der Waals surface area contributed by atoms with E-state index in [0.29, 0.717) is 6.04 Å². The van der Waals surface area contributed by atoms with Crippen LogP contribution < -0.4 is 5.32 Å². The summed E-state index contributed by atoms with van der Waals surface area (Å²) in [5.74, 6) is 0. The van der Waals surface area contributed by atoms with E-state index in [1.165, 1.54) is 5.56 Å². The quantitative estimate of drug-likeness (QED) is 0.745. The van der Waals surface area contributed by atoms with Crippen molar-refractivity contribution >= 4 is 0 Å². The minimum atomic E-state index is -0.215. The second kappa shape index (κ2) is 6.85. The molecule has 0 aliphatic carbocycles. The molecule has 5 nitrogen and oxygen atoms in total. The van der Waals surface area contributed by atoms with Gasteiger partial charge in [0, 0.05) is 44.1 Å². The molecule has 3 rings (SSSR count). The number of β-amino-alcohol motifs (C(OH)–C–C–N with tert-alkyl or cyclic N) is 1. The second-order valence-corrected chi connectivity index (χ2v) is 5.67. The standard InChI is InChI=1S/C16H22N4O/c21-16-8-15(10-17-9-14-6-7-18-19-14)20(12-16)11-13-4-2-1-3-5-13/h1-7,15-17,21H,8-12H2,(H,18,19). The van der Waals surface area contributed by atoms with Gasteiger partial charge in [-0.15, -0.1) is 0 Å². The first-order valence-corrected chi connectivity index (χ1v) is 7.46. The van der Waals surface area contributed by atoms with Gasteiger partial charge in [-0.1, -0.05) is 30.3 Å². The summed E-state index contributed by atoms with van der Waals surface area (Å²) in [6.45, 7) is 3.31. The number of hydrogen-bond donors (Lipinski definition) is 3.